The number of carbonyl (C=O) groups is 1. The molecule has 0 N–H and O–H groups in total. The molecule has 0 saturated carbocycles. The predicted molar refractivity (Wildman–Crippen MR) is 144 cm³/mol. The lowest BCUT2D eigenvalue weighted by Gasteiger charge is -2.27. The minimum atomic E-state index is -0.124. The van der Waals surface area contributed by atoms with Crippen molar-refractivity contribution in [3.63, 3.8) is 0 Å². The molecule has 35 heavy (non-hydrogen) atoms. The summed E-state index contributed by atoms with van der Waals surface area (Å²) in [6.07, 6.45) is 0.824. The molecule has 0 aliphatic carbocycles. The smallest absolute Gasteiger partial charge is 0.260 e. The number of halogens is 2. The lowest BCUT2D eigenvalue weighted by molar-refractivity contribution is 0.0376. The predicted octanol–water partition coefficient (Wildman–Crippen LogP) is 5.54. The summed E-state index contributed by atoms with van der Waals surface area (Å²) < 4.78 is 17.8. The summed E-state index contributed by atoms with van der Waals surface area (Å²) in [7, 11) is 0. The van der Waals surface area contributed by atoms with Crippen LogP contribution in [0.5, 0.6) is 11.5 Å². The Balaban J connectivity index is 0.00000342. The Labute approximate surface area is 221 Å². The van der Waals surface area contributed by atoms with Crippen LogP contribution in [-0.2, 0) is 4.74 Å². The van der Waals surface area contributed by atoms with Crippen molar-refractivity contribution >= 4 is 56.6 Å². The van der Waals surface area contributed by atoms with E-state index in [0.717, 1.165) is 49.5 Å². The first-order valence-corrected chi connectivity index (χ1v) is 12.9. The molecule has 1 fully saturated rings. The number of fused-ring (bicyclic) bond motifs is 1. The van der Waals surface area contributed by atoms with Gasteiger partial charge < -0.3 is 14.2 Å². The van der Waals surface area contributed by atoms with Crippen LogP contribution in [0.2, 0.25) is 5.02 Å². The monoisotopic (exact) mass is 539 g/mol. The summed E-state index contributed by atoms with van der Waals surface area (Å²) in [6.45, 7) is 9.62. The van der Waals surface area contributed by atoms with E-state index < -0.39 is 0 Å². The van der Waals surface area contributed by atoms with Crippen molar-refractivity contribution in [3.05, 3.63) is 47.0 Å². The molecule has 1 saturated heterocycles. The van der Waals surface area contributed by atoms with Crippen LogP contribution in [0.3, 0.4) is 0 Å². The van der Waals surface area contributed by atoms with Crippen molar-refractivity contribution in [1.29, 1.82) is 0 Å². The zero-order valence-electron chi connectivity index (χ0n) is 20.0. The van der Waals surface area contributed by atoms with Gasteiger partial charge in [0.15, 0.2) is 16.6 Å². The summed E-state index contributed by atoms with van der Waals surface area (Å²) >= 11 is 7.85. The van der Waals surface area contributed by atoms with Gasteiger partial charge in [0, 0.05) is 31.7 Å². The molecule has 7 nitrogen and oxygen atoms in total. The molecule has 1 aliphatic heterocycles. The second-order valence-electron chi connectivity index (χ2n) is 7.87. The minimum Gasteiger partial charge on any atom is -0.490 e. The number of para-hydroxylation sites is 1. The van der Waals surface area contributed by atoms with E-state index in [9.17, 15) is 4.79 Å². The van der Waals surface area contributed by atoms with Crippen LogP contribution >= 0.6 is 35.3 Å². The Morgan fingerprint density at radius 1 is 1.14 bits per heavy atom. The Bertz CT molecular complexity index is 1120. The molecule has 3 aromatic rings. The number of hydrogen-bond donors (Lipinski definition) is 0. The highest BCUT2D eigenvalue weighted by atomic mass is 35.5. The molecular formula is C25H31Cl2N3O4S. The molecule has 4 rings (SSSR count). The average molecular weight is 541 g/mol. The van der Waals surface area contributed by atoms with Crippen molar-refractivity contribution < 1.29 is 19.0 Å². The van der Waals surface area contributed by atoms with E-state index in [0.29, 0.717) is 47.0 Å². The number of benzene rings is 2. The number of aromatic nitrogens is 1. The maximum Gasteiger partial charge on any atom is 0.260 e. The number of rotatable bonds is 10. The van der Waals surface area contributed by atoms with Gasteiger partial charge in [-0.3, -0.25) is 14.6 Å². The van der Waals surface area contributed by atoms with E-state index in [-0.39, 0.29) is 18.3 Å². The van der Waals surface area contributed by atoms with Gasteiger partial charge in [-0.05, 0) is 50.6 Å². The van der Waals surface area contributed by atoms with Crippen LogP contribution in [0.4, 0.5) is 5.13 Å². The molecule has 0 bridgehead atoms. The van der Waals surface area contributed by atoms with Gasteiger partial charge in [-0.15, -0.1) is 12.4 Å². The van der Waals surface area contributed by atoms with Crippen LogP contribution in [0, 0.1) is 0 Å². The summed E-state index contributed by atoms with van der Waals surface area (Å²) in [4.78, 5) is 22.6. The molecule has 0 spiro atoms. The van der Waals surface area contributed by atoms with Gasteiger partial charge >= 0.3 is 0 Å². The SMILES string of the molecule is CCOc1ccc(C(=O)N(CCCN2CCOCC2)c2nc3c(Cl)cccc3s2)cc1OCC.Cl. The first kappa shape index (κ1) is 27.5. The van der Waals surface area contributed by atoms with Gasteiger partial charge in [0.1, 0.15) is 5.52 Å². The van der Waals surface area contributed by atoms with Crippen molar-refractivity contribution in [2.45, 2.75) is 20.3 Å². The van der Waals surface area contributed by atoms with Gasteiger partial charge in [0.25, 0.3) is 5.91 Å². The molecule has 0 atom stereocenters. The van der Waals surface area contributed by atoms with Crippen molar-refractivity contribution in [3.8, 4) is 11.5 Å². The second kappa shape index (κ2) is 13.3. The minimum absolute atomic E-state index is 0. The highest BCUT2D eigenvalue weighted by Gasteiger charge is 2.23. The number of amides is 1. The van der Waals surface area contributed by atoms with Gasteiger partial charge in [-0.1, -0.05) is 29.0 Å². The maximum atomic E-state index is 13.7. The molecule has 1 aromatic heterocycles. The summed E-state index contributed by atoms with van der Waals surface area (Å²) in [5.41, 5.74) is 1.25. The number of anilines is 1. The molecule has 2 heterocycles. The van der Waals surface area contributed by atoms with Gasteiger partial charge in [-0.25, -0.2) is 4.98 Å². The molecule has 0 unspecified atom stereocenters. The Kier molecular flexibility index (Phi) is 10.4. The fraction of sp³-hybridized carbons (Fsp3) is 0.440. The number of hydrogen-bond acceptors (Lipinski definition) is 7. The zero-order valence-corrected chi connectivity index (χ0v) is 22.4. The fourth-order valence-corrected chi connectivity index (χ4v) is 5.21. The topological polar surface area (TPSA) is 64.1 Å². The lowest BCUT2D eigenvalue weighted by atomic mass is 10.1. The third-order valence-electron chi connectivity index (χ3n) is 5.58. The van der Waals surface area contributed by atoms with E-state index >= 15 is 0 Å². The molecule has 190 valence electrons. The molecule has 10 heteroatoms. The van der Waals surface area contributed by atoms with Crippen LogP contribution in [0.15, 0.2) is 36.4 Å². The van der Waals surface area contributed by atoms with E-state index in [2.05, 4.69) is 4.90 Å². The number of ether oxygens (including phenoxy) is 3. The van der Waals surface area contributed by atoms with Crippen LogP contribution < -0.4 is 14.4 Å². The molecule has 1 amide bonds. The van der Waals surface area contributed by atoms with E-state index in [1.165, 1.54) is 11.3 Å². The number of morpholine rings is 1. The zero-order chi connectivity index (χ0) is 23.9. The Morgan fingerprint density at radius 2 is 1.89 bits per heavy atom. The van der Waals surface area contributed by atoms with Crippen LogP contribution in [-0.4, -0.2) is 68.4 Å². The average Bonchev–Trinajstić information content (AvgIpc) is 3.29. The fourth-order valence-electron chi connectivity index (χ4n) is 3.92. The first-order valence-electron chi connectivity index (χ1n) is 11.7. The largest absolute Gasteiger partial charge is 0.490 e. The Hall–Kier alpha value is -2.10. The highest BCUT2D eigenvalue weighted by Crippen LogP contribution is 2.35. The third-order valence-corrected chi connectivity index (χ3v) is 6.93. The van der Waals surface area contributed by atoms with Crippen LogP contribution in [0.25, 0.3) is 10.2 Å². The molecule has 2 aromatic carbocycles. The Morgan fingerprint density at radius 3 is 2.60 bits per heavy atom. The van der Waals surface area contributed by atoms with Gasteiger partial charge in [0.2, 0.25) is 0 Å². The normalized spacial score (nSPS) is 13.9. The summed E-state index contributed by atoms with van der Waals surface area (Å²) in [5.74, 6) is 1.07. The van der Waals surface area contributed by atoms with Crippen molar-refractivity contribution in [2.24, 2.45) is 0 Å². The van der Waals surface area contributed by atoms with Gasteiger partial charge in [-0.2, -0.15) is 0 Å². The highest BCUT2D eigenvalue weighted by molar-refractivity contribution is 7.22. The third kappa shape index (κ3) is 6.77. The molecular weight excluding hydrogens is 509 g/mol. The van der Waals surface area contributed by atoms with Crippen LogP contribution in [0.1, 0.15) is 30.6 Å². The lowest BCUT2D eigenvalue weighted by Crippen LogP contribution is -2.39. The number of thiazole rings is 1. The van der Waals surface area contributed by atoms with E-state index in [4.69, 9.17) is 30.8 Å². The number of carbonyl (C=O) groups excluding carboxylic acids is 1. The summed E-state index contributed by atoms with van der Waals surface area (Å²) in [6, 6.07) is 11.0. The maximum absolute atomic E-state index is 13.7. The first-order chi connectivity index (χ1) is 16.6. The second-order valence-corrected chi connectivity index (χ2v) is 9.29. The van der Waals surface area contributed by atoms with E-state index in [1.807, 2.05) is 32.0 Å². The number of nitrogens with zero attached hydrogens (tertiary/aromatic N) is 3. The summed E-state index contributed by atoms with van der Waals surface area (Å²) in [5, 5.41) is 1.22. The van der Waals surface area contributed by atoms with Crippen molar-refractivity contribution in [2.75, 3.05) is 57.5 Å². The van der Waals surface area contributed by atoms with Crippen molar-refractivity contribution in [1.82, 2.24) is 9.88 Å². The van der Waals surface area contributed by atoms with Gasteiger partial charge in [0.05, 0.1) is 36.2 Å². The quantitative estimate of drug-likeness (QED) is 0.337. The molecule has 0 radical (unpaired) electrons. The molecule has 1 aliphatic rings. The van der Waals surface area contributed by atoms with E-state index in [1.54, 1.807) is 23.1 Å². The standard InChI is InChI=1S/C25H30ClN3O4S.ClH/c1-3-32-20-10-9-18(17-21(20)33-4-2)24(30)29(12-6-11-28-13-15-31-16-14-28)25-27-23-19(26)7-5-8-22(23)34-25;/h5,7-10,17H,3-4,6,11-16H2,1-2H3;1H.